The van der Waals surface area contributed by atoms with E-state index in [0.717, 1.165) is 6.33 Å². The van der Waals surface area contributed by atoms with Crippen molar-refractivity contribution in [3.8, 4) is 0 Å². The van der Waals surface area contributed by atoms with Crippen LogP contribution in [0.3, 0.4) is 0 Å². The van der Waals surface area contributed by atoms with Crippen LogP contribution in [-0.2, 0) is 24.4 Å². The molecule has 184 valence electrons. The Labute approximate surface area is 188 Å². The highest BCUT2D eigenvalue weighted by Crippen LogP contribution is 2.21. The van der Waals surface area contributed by atoms with Crippen molar-refractivity contribution in [3.05, 3.63) is 47.8 Å². The number of carbonyl (C=O) groups is 2. The second-order valence-electron chi connectivity index (χ2n) is 7.47. The molecule has 0 atom stereocenters. The van der Waals surface area contributed by atoms with E-state index in [4.69, 9.17) is 0 Å². The normalized spacial score (nSPS) is 12.2. The minimum absolute atomic E-state index is 0.00750. The van der Waals surface area contributed by atoms with Gasteiger partial charge in [0.15, 0.2) is 0 Å². The number of halogens is 6. The Morgan fingerprint density at radius 3 is 2.44 bits per heavy atom. The van der Waals surface area contributed by atoms with Crippen molar-refractivity contribution in [1.82, 2.24) is 30.2 Å². The van der Waals surface area contributed by atoms with Crippen molar-refractivity contribution in [2.45, 2.75) is 51.2 Å². The lowest BCUT2D eigenvalue weighted by Crippen LogP contribution is -2.24. The summed E-state index contributed by atoms with van der Waals surface area (Å²) < 4.78 is 74.6. The van der Waals surface area contributed by atoms with Gasteiger partial charge in [0.05, 0.1) is 36.7 Å². The predicted octanol–water partition coefficient (Wildman–Crippen LogP) is 3.60. The number of fused-ring (bicyclic) bond motifs is 1. The molecule has 0 saturated heterocycles. The van der Waals surface area contributed by atoms with Crippen molar-refractivity contribution in [2.24, 2.45) is 0 Å². The molecule has 0 bridgehead atoms. The fraction of sp³-hybridized carbons (Fsp3) is 0.400. The van der Waals surface area contributed by atoms with Gasteiger partial charge < -0.3 is 20.2 Å². The molecule has 3 aromatic rings. The van der Waals surface area contributed by atoms with Gasteiger partial charge in [-0.05, 0) is 17.7 Å². The third-order valence-corrected chi connectivity index (χ3v) is 4.66. The van der Waals surface area contributed by atoms with E-state index >= 15 is 0 Å². The molecule has 1 aromatic carbocycles. The first-order valence-electron chi connectivity index (χ1n) is 10.1. The lowest BCUT2D eigenvalue weighted by atomic mass is 10.2. The maximum atomic E-state index is 12.3. The van der Waals surface area contributed by atoms with Crippen LogP contribution in [0.25, 0.3) is 11.0 Å². The van der Waals surface area contributed by atoms with Crippen molar-refractivity contribution in [2.75, 3.05) is 0 Å². The molecular formula is C20H20F6N6O2. The third-order valence-electron chi connectivity index (χ3n) is 4.66. The third kappa shape index (κ3) is 7.78. The van der Waals surface area contributed by atoms with E-state index in [1.54, 1.807) is 18.2 Å². The van der Waals surface area contributed by atoms with Gasteiger partial charge in [-0.2, -0.15) is 26.3 Å². The van der Waals surface area contributed by atoms with Crippen LogP contribution in [0.5, 0.6) is 0 Å². The average Bonchev–Trinajstić information content (AvgIpc) is 3.38. The highest BCUT2D eigenvalue weighted by atomic mass is 19.4. The standard InChI is InChI=1S/C20H20F6N6O2/c21-19(22,23)4-3-17(33)27-8-12-1-2-13-14(7-12)31-16(30-13)9-28-18(34)15-10-32(11-29-15)6-5-20(24,25)26/h1-2,7,10-11H,3-6,8-9H2,(H,27,33)(H,28,34)(H,30,31). The number of aryl methyl sites for hydroxylation is 1. The smallest absolute Gasteiger partial charge is 0.352 e. The lowest BCUT2D eigenvalue weighted by Gasteiger charge is -2.07. The fourth-order valence-corrected chi connectivity index (χ4v) is 2.96. The maximum Gasteiger partial charge on any atom is 0.390 e. The summed E-state index contributed by atoms with van der Waals surface area (Å²) in [6, 6.07) is 4.97. The Morgan fingerprint density at radius 2 is 1.74 bits per heavy atom. The fourth-order valence-electron chi connectivity index (χ4n) is 2.96. The number of alkyl halides is 6. The van der Waals surface area contributed by atoms with Crippen LogP contribution in [0.1, 0.15) is 41.1 Å². The quantitative estimate of drug-likeness (QED) is 0.399. The summed E-state index contributed by atoms with van der Waals surface area (Å²) in [5.41, 5.74) is 1.74. The van der Waals surface area contributed by atoms with E-state index in [1.165, 1.54) is 10.8 Å². The molecule has 2 heterocycles. The van der Waals surface area contributed by atoms with Gasteiger partial charge >= 0.3 is 12.4 Å². The summed E-state index contributed by atoms with van der Waals surface area (Å²) in [5, 5.41) is 4.98. The number of H-pyrrole nitrogens is 1. The number of benzene rings is 1. The lowest BCUT2D eigenvalue weighted by molar-refractivity contribution is -0.144. The first kappa shape index (κ1) is 25.1. The molecule has 0 unspecified atom stereocenters. The number of carbonyl (C=O) groups excluding carboxylic acids is 2. The molecule has 8 nitrogen and oxygen atoms in total. The largest absolute Gasteiger partial charge is 0.390 e. The van der Waals surface area contributed by atoms with Crippen LogP contribution in [-0.4, -0.2) is 43.7 Å². The van der Waals surface area contributed by atoms with Gasteiger partial charge in [0.1, 0.15) is 11.5 Å². The number of amides is 2. The highest BCUT2D eigenvalue weighted by Gasteiger charge is 2.28. The van der Waals surface area contributed by atoms with E-state index in [0.29, 0.717) is 22.4 Å². The summed E-state index contributed by atoms with van der Waals surface area (Å²) >= 11 is 0. The Bertz CT molecular complexity index is 1150. The number of aromatic amines is 1. The monoisotopic (exact) mass is 490 g/mol. The minimum Gasteiger partial charge on any atom is -0.352 e. The van der Waals surface area contributed by atoms with E-state index in [1.807, 2.05) is 0 Å². The van der Waals surface area contributed by atoms with Gasteiger partial charge in [-0.15, -0.1) is 0 Å². The number of nitrogens with one attached hydrogen (secondary N) is 3. The second-order valence-corrected chi connectivity index (χ2v) is 7.47. The first-order valence-corrected chi connectivity index (χ1v) is 10.1. The molecule has 0 aliphatic heterocycles. The van der Waals surface area contributed by atoms with Gasteiger partial charge in [-0.3, -0.25) is 9.59 Å². The molecule has 0 spiro atoms. The average molecular weight is 490 g/mol. The maximum absolute atomic E-state index is 12.3. The Morgan fingerprint density at radius 1 is 1.00 bits per heavy atom. The molecule has 0 saturated carbocycles. The zero-order chi connectivity index (χ0) is 24.9. The van der Waals surface area contributed by atoms with Gasteiger partial charge in [0.25, 0.3) is 5.91 Å². The molecule has 2 amide bonds. The Hall–Kier alpha value is -3.58. The molecule has 2 aromatic heterocycles. The topological polar surface area (TPSA) is 105 Å². The molecule has 3 N–H and O–H groups in total. The summed E-state index contributed by atoms with van der Waals surface area (Å²) in [6.45, 7) is -0.320. The number of hydrogen-bond donors (Lipinski definition) is 3. The molecule has 3 rings (SSSR count). The van der Waals surface area contributed by atoms with E-state index in [-0.39, 0.29) is 25.3 Å². The van der Waals surface area contributed by atoms with E-state index < -0.39 is 43.4 Å². The number of nitrogens with zero attached hydrogens (tertiary/aromatic N) is 3. The van der Waals surface area contributed by atoms with E-state index in [2.05, 4.69) is 25.6 Å². The molecule has 0 radical (unpaired) electrons. The number of aromatic nitrogens is 4. The number of hydrogen-bond acceptors (Lipinski definition) is 4. The zero-order valence-electron chi connectivity index (χ0n) is 17.6. The van der Waals surface area contributed by atoms with Gasteiger partial charge in [-0.1, -0.05) is 6.07 Å². The molecular weight excluding hydrogens is 470 g/mol. The summed E-state index contributed by atoms with van der Waals surface area (Å²) in [6.07, 6.45) is -9.23. The van der Waals surface area contributed by atoms with Crippen molar-refractivity contribution in [3.63, 3.8) is 0 Å². The molecule has 14 heteroatoms. The van der Waals surface area contributed by atoms with Gasteiger partial charge in [0.2, 0.25) is 5.91 Å². The van der Waals surface area contributed by atoms with Crippen LogP contribution < -0.4 is 10.6 Å². The van der Waals surface area contributed by atoms with Crippen LogP contribution in [0.15, 0.2) is 30.7 Å². The van der Waals surface area contributed by atoms with Gasteiger partial charge in [0, 0.05) is 25.7 Å². The van der Waals surface area contributed by atoms with Gasteiger partial charge in [-0.25, -0.2) is 9.97 Å². The van der Waals surface area contributed by atoms with Crippen LogP contribution >= 0.6 is 0 Å². The highest BCUT2D eigenvalue weighted by molar-refractivity contribution is 5.92. The molecule has 34 heavy (non-hydrogen) atoms. The van der Waals surface area contributed by atoms with Crippen LogP contribution in [0, 0.1) is 0 Å². The summed E-state index contributed by atoms with van der Waals surface area (Å²) in [4.78, 5) is 34.8. The first-order chi connectivity index (χ1) is 15.9. The molecule has 0 aliphatic carbocycles. The summed E-state index contributed by atoms with van der Waals surface area (Å²) in [5.74, 6) is -0.911. The Kier molecular flexibility index (Phi) is 7.47. The van der Waals surface area contributed by atoms with Crippen molar-refractivity contribution >= 4 is 22.8 Å². The van der Waals surface area contributed by atoms with Crippen LogP contribution in [0.4, 0.5) is 26.3 Å². The minimum atomic E-state index is -4.40. The SMILES string of the molecule is O=C(CCC(F)(F)F)NCc1ccc2nc(CNC(=O)c3cn(CCC(F)(F)F)cn3)[nH]c2c1. The number of rotatable bonds is 9. The zero-order valence-corrected chi connectivity index (χ0v) is 17.6. The predicted molar refractivity (Wildman–Crippen MR) is 107 cm³/mol. The van der Waals surface area contributed by atoms with E-state index in [9.17, 15) is 35.9 Å². The molecule has 0 aliphatic rings. The van der Waals surface area contributed by atoms with Crippen molar-refractivity contribution in [1.29, 1.82) is 0 Å². The molecule has 0 fully saturated rings. The van der Waals surface area contributed by atoms with Crippen LogP contribution in [0.2, 0.25) is 0 Å². The number of imidazole rings is 2. The second kappa shape index (κ2) is 10.1. The van der Waals surface area contributed by atoms with Crippen molar-refractivity contribution < 1.29 is 35.9 Å². The summed E-state index contributed by atoms with van der Waals surface area (Å²) in [7, 11) is 0. The Balaban J connectivity index is 1.51.